The second kappa shape index (κ2) is 29.5. The molecular formula is C47H82N2O34. The number of aliphatic hydroxyl groups is 20. The molecule has 21 fully saturated rings. The van der Waals surface area contributed by atoms with E-state index < -0.39 is 255 Å². The first-order valence-corrected chi connectivity index (χ1v) is 27.2. The van der Waals surface area contributed by atoms with Gasteiger partial charge < -0.3 is 179 Å². The van der Waals surface area contributed by atoms with Crippen LogP contribution in [0.15, 0.2) is 0 Å². The predicted molar refractivity (Wildman–Crippen MR) is 257 cm³/mol. The number of hydrogen-bond donors (Lipinski definition) is 21. The van der Waals surface area contributed by atoms with Crippen molar-refractivity contribution >= 4 is 0 Å². The van der Waals surface area contributed by atoms with Crippen molar-refractivity contribution in [3.63, 3.8) is 0 Å². The first-order chi connectivity index (χ1) is 39.5. The highest BCUT2D eigenvalue weighted by atomic mass is 16.8. The Hall–Kier alpha value is -1.44. The molecule has 0 unspecified atom stereocenters. The minimum atomic E-state index is -2.20. The van der Waals surface area contributed by atoms with Gasteiger partial charge in [0.05, 0.1) is 39.6 Å². The molecule has 36 heteroatoms. The van der Waals surface area contributed by atoms with Crippen molar-refractivity contribution in [2.75, 3.05) is 73.4 Å². The van der Waals surface area contributed by atoms with Crippen LogP contribution in [0.1, 0.15) is 6.42 Å². The number of rotatable bonds is 12. The van der Waals surface area contributed by atoms with Crippen LogP contribution < -0.4 is 5.32 Å². The molecule has 21 heterocycles. The zero-order chi connectivity index (χ0) is 60.5. The van der Waals surface area contributed by atoms with E-state index in [-0.39, 0.29) is 6.54 Å². The van der Waals surface area contributed by atoms with Gasteiger partial charge in [0, 0.05) is 6.54 Å². The number of nitrogens with zero attached hydrogens (tertiary/aromatic N) is 1. The maximum atomic E-state index is 11.7. The maximum Gasteiger partial charge on any atom is 0.187 e. The Morgan fingerprint density at radius 2 is 0.446 bits per heavy atom. The second-order valence-electron chi connectivity index (χ2n) is 21.8. The third-order valence-corrected chi connectivity index (χ3v) is 15.9. The Morgan fingerprint density at radius 1 is 0.265 bits per heavy atom. The molecule has 14 bridgehead atoms. The summed E-state index contributed by atoms with van der Waals surface area (Å²) in [7, 11) is 3.68. The summed E-state index contributed by atoms with van der Waals surface area (Å²) < 4.78 is 81.3. The van der Waals surface area contributed by atoms with Crippen LogP contribution in [-0.2, 0) is 66.3 Å². The van der Waals surface area contributed by atoms with E-state index in [4.69, 9.17) is 66.3 Å². The van der Waals surface area contributed by atoms with Crippen molar-refractivity contribution in [3.05, 3.63) is 0 Å². The van der Waals surface area contributed by atoms with Gasteiger partial charge in [0.15, 0.2) is 44.0 Å². The summed E-state index contributed by atoms with van der Waals surface area (Å²) in [4.78, 5) is 1.90. The predicted octanol–water partition coefficient (Wildman–Crippen LogP) is -14.7. The number of ether oxygens (including phenoxy) is 14. The largest absolute Gasteiger partial charge is 0.394 e. The quantitative estimate of drug-likeness (QED) is 0.0807. The Balaban J connectivity index is 1.09. The SMILES string of the molecule is CN(C)CCCNC[C@H]1O[C@@H]2O[C@H]3[C@H](O)[C@@H](O)[C@@H](O[C@H]4[C@H](O)[C@@H](O)[C@@H](O[C@H]5[C@H](O)[C@@H](O)[C@@H](O[C@H]6[C@H](O)[C@@H](O)[C@@H](O[C@H]7[C@H](O)[C@@H](O)[C@@H](O[C@H]8[C@H](O)[C@@H](O)[C@@H](O[C@H]1[C@H](O)[C@H]2O)O[C@@H]8CO)O[C@@H]7CO)O[C@@H]6CO)O[C@@H]5CO)O[C@@H]4CO)O[C@@H]3CO. The minimum Gasteiger partial charge on any atom is -0.394 e. The molecule has 21 saturated heterocycles. The van der Waals surface area contributed by atoms with Crippen molar-refractivity contribution in [2.24, 2.45) is 0 Å². The van der Waals surface area contributed by atoms with Gasteiger partial charge in [-0.05, 0) is 33.6 Å². The van der Waals surface area contributed by atoms with Crippen LogP contribution >= 0.6 is 0 Å². The van der Waals surface area contributed by atoms with E-state index >= 15 is 0 Å². The fourth-order valence-corrected chi connectivity index (χ4v) is 11.2. The van der Waals surface area contributed by atoms with Crippen LogP contribution in [0, 0.1) is 0 Å². The summed E-state index contributed by atoms with van der Waals surface area (Å²) in [5.74, 6) is 0. The van der Waals surface area contributed by atoms with Crippen molar-refractivity contribution in [1.29, 1.82) is 0 Å². The average Bonchev–Trinajstić information content (AvgIpc) is 3.18. The first-order valence-electron chi connectivity index (χ1n) is 27.2. The molecule has 0 saturated carbocycles. The van der Waals surface area contributed by atoms with Gasteiger partial charge in [-0.2, -0.15) is 0 Å². The van der Waals surface area contributed by atoms with Gasteiger partial charge in [0.2, 0.25) is 0 Å². The highest BCUT2D eigenvalue weighted by molar-refractivity contribution is 5.02. The van der Waals surface area contributed by atoms with E-state index in [0.29, 0.717) is 19.5 Å². The molecule has 83 heavy (non-hydrogen) atoms. The van der Waals surface area contributed by atoms with Crippen molar-refractivity contribution < 1.29 is 168 Å². The molecule has 0 aromatic rings. The topological polar surface area (TPSA) is 549 Å². The van der Waals surface area contributed by atoms with Gasteiger partial charge in [0.25, 0.3) is 0 Å². The van der Waals surface area contributed by atoms with Crippen LogP contribution in [0.25, 0.3) is 0 Å². The van der Waals surface area contributed by atoms with Gasteiger partial charge in [0.1, 0.15) is 171 Å². The fraction of sp³-hybridized carbons (Fsp3) is 1.00. The standard InChI is InChI=1S/C47H82N2O34/c1-49(2)5-3-4-48-6-13-34-20(56)27(63)41(70-13)78-35-14(7-50)72-43(29(65)22(35)58)80-37-16(9-52)74-45(31(67)24(37)60)82-39-18(11-54)76-47(33(69)26(39)62)83-40-19(12-55)75-46(32(68)25(40)61)81-38-17(10-53)73-44(30(66)23(38)59)79-36-15(8-51)71-42(77-34)28(64)21(36)57/h13-48,50-69H,3-12H2,1-2H3/t13-,14-,15-,16-,17-,18-,19-,20-,21-,22-,23-,24-,25-,26-,27-,28-,29-,30-,31-,32-,33-,34-,35-,36-,37-,38-,39-,40-,41-,42-,43-,44-,45-,46-,47-/m1/s1. The van der Waals surface area contributed by atoms with E-state index in [1.165, 1.54) is 0 Å². The maximum absolute atomic E-state index is 11.7. The Kier molecular flexibility index (Phi) is 24.0. The van der Waals surface area contributed by atoms with Gasteiger partial charge in [-0.25, -0.2) is 0 Å². The molecule has 36 nitrogen and oxygen atoms in total. The van der Waals surface area contributed by atoms with Crippen LogP contribution in [0.5, 0.6) is 0 Å². The molecule has 21 aliphatic heterocycles. The molecule has 484 valence electrons. The molecule has 21 rings (SSSR count). The second-order valence-corrected chi connectivity index (χ2v) is 21.8. The van der Waals surface area contributed by atoms with Crippen molar-refractivity contribution in [3.8, 4) is 0 Å². The van der Waals surface area contributed by atoms with Crippen molar-refractivity contribution in [2.45, 2.75) is 221 Å². The third kappa shape index (κ3) is 14.3. The van der Waals surface area contributed by atoms with Gasteiger partial charge >= 0.3 is 0 Å². The summed E-state index contributed by atoms with van der Waals surface area (Å²) >= 11 is 0. The number of hydrogen-bond acceptors (Lipinski definition) is 36. The van der Waals surface area contributed by atoms with Crippen molar-refractivity contribution in [1.82, 2.24) is 10.2 Å². The summed E-state index contributed by atoms with van der Waals surface area (Å²) in [6.45, 7) is -5.42. The molecule has 0 spiro atoms. The summed E-state index contributed by atoms with van der Waals surface area (Å²) in [6, 6.07) is 0. The Labute approximate surface area is 472 Å². The zero-order valence-electron chi connectivity index (χ0n) is 44.9. The van der Waals surface area contributed by atoms with Crippen LogP contribution in [0.4, 0.5) is 0 Å². The van der Waals surface area contributed by atoms with E-state index in [1.54, 1.807) is 0 Å². The summed E-state index contributed by atoms with van der Waals surface area (Å²) in [5, 5.41) is 226. The minimum absolute atomic E-state index is 0.206. The van der Waals surface area contributed by atoms with E-state index in [9.17, 15) is 102 Å². The Morgan fingerprint density at radius 3 is 0.627 bits per heavy atom. The number of aliphatic hydroxyl groups excluding tert-OH is 20. The monoisotopic (exact) mass is 1220 g/mol. The molecule has 0 aliphatic carbocycles. The first kappa shape index (κ1) is 67.5. The summed E-state index contributed by atoms with van der Waals surface area (Å²) in [5.41, 5.74) is 0. The van der Waals surface area contributed by atoms with Gasteiger partial charge in [-0.3, -0.25) is 0 Å². The van der Waals surface area contributed by atoms with Crippen LogP contribution in [0.2, 0.25) is 0 Å². The molecular weight excluding hydrogens is 1140 g/mol. The van der Waals surface area contributed by atoms with Gasteiger partial charge in [-0.1, -0.05) is 0 Å². The lowest BCUT2D eigenvalue weighted by atomic mass is 9.95. The lowest BCUT2D eigenvalue weighted by Crippen LogP contribution is -2.68. The normalized spacial score (nSPS) is 52.3. The fourth-order valence-electron chi connectivity index (χ4n) is 11.2. The number of nitrogens with one attached hydrogen (secondary N) is 1. The molecule has 35 atom stereocenters. The van der Waals surface area contributed by atoms with Crippen LogP contribution in [-0.4, -0.2) is 395 Å². The molecule has 0 radical (unpaired) electrons. The highest BCUT2D eigenvalue weighted by Crippen LogP contribution is 2.39. The third-order valence-electron chi connectivity index (χ3n) is 15.9. The van der Waals surface area contributed by atoms with E-state index in [1.807, 2.05) is 19.0 Å². The highest BCUT2D eigenvalue weighted by Gasteiger charge is 2.59. The lowest BCUT2D eigenvalue weighted by Gasteiger charge is -2.50. The van der Waals surface area contributed by atoms with Gasteiger partial charge in [-0.15, -0.1) is 0 Å². The lowest BCUT2D eigenvalue weighted by molar-refractivity contribution is -0.396. The molecule has 21 aliphatic rings. The molecule has 0 aromatic carbocycles. The molecule has 0 aromatic heterocycles. The van der Waals surface area contributed by atoms with E-state index in [2.05, 4.69) is 5.32 Å². The smallest absolute Gasteiger partial charge is 0.187 e. The molecule has 21 N–H and O–H groups in total. The summed E-state index contributed by atoms with van der Waals surface area (Å²) in [6.07, 6.45) is -68.3. The Bertz CT molecular complexity index is 1950. The van der Waals surface area contributed by atoms with E-state index in [0.717, 1.165) is 0 Å². The zero-order valence-corrected chi connectivity index (χ0v) is 44.9. The molecule has 0 amide bonds. The average molecular weight is 1220 g/mol. The van der Waals surface area contributed by atoms with Crippen LogP contribution in [0.3, 0.4) is 0 Å².